The molecule has 4 nitrogen and oxygen atoms in total. The fourth-order valence-corrected chi connectivity index (χ4v) is 1.27. The lowest BCUT2D eigenvalue weighted by atomic mass is 10.1. The van der Waals surface area contributed by atoms with Crippen LogP contribution >= 0.6 is 0 Å². The van der Waals surface area contributed by atoms with Gasteiger partial charge in [-0.3, -0.25) is 0 Å². The molecule has 0 radical (unpaired) electrons. The highest BCUT2D eigenvalue weighted by Crippen LogP contribution is 2.16. The van der Waals surface area contributed by atoms with Gasteiger partial charge >= 0.3 is 5.97 Å². The Bertz CT molecular complexity index is 472. The first-order valence-corrected chi connectivity index (χ1v) is 5.14. The second kappa shape index (κ2) is 6.33. The number of carbonyl (C=O) groups is 1. The number of nitriles is 1. The van der Waals surface area contributed by atoms with Gasteiger partial charge in [0.1, 0.15) is 17.4 Å². The van der Waals surface area contributed by atoms with E-state index in [1.807, 2.05) is 13.0 Å². The number of methoxy groups -OCH3 is 1. The number of hydrogen-bond donors (Lipinski definition) is 0. The number of nitrogens with zero attached hydrogens (tertiary/aromatic N) is 1. The number of ether oxygens (including phenoxy) is 2. The van der Waals surface area contributed by atoms with Gasteiger partial charge in [0.25, 0.3) is 0 Å². The molecule has 0 amide bonds. The van der Waals surface area contributed by atoms with Crippen LogP contribution in [0.2, 0.25) is 0 Å². The van der Waals surface area contributed by atoms with Crippen LogP contribution in [0.3, 0.4) is 0 Å². The fourth-order valence-electron chi connectivity index (χ4n) is 1.27. The van der Waals surface area contributed by atoms with E-state index in [0.717, 1.165) is 5.56 Å². The second-order valence-electron chi connectivity index (χ2n) is 3.17. The molecular formula is C13H13NO3. The van der Waals surface area contributed by atoms with Gasteiger partial charge in [-0.2, -0.15) is 5.26 Å². The predicted octanol–water partition coefficient (Wildman–Crippen LogP) is 2.17. The van der Waals surface area contributed by atoms with E-state index < -0.39 is 5.97 Å². The number of rotatable bonds is 4. The molecule has 0 aromatic heterocycles. The summed E-state index contributed by atoms with van der Waals surface area (Å²) >= 11 is 0. The zero-order chi connectivity index (χ0) is 12.7. The smallest absolute Gasteiger partial charge is 0.348 e. The van der Waals surface area contributed by atoms with E-state index in [4.69, 9.17) is 10.00 Å². The van der Waals surface area contributed by atoms with E-state index >= 15 is 0 Å². The largest absolute Gasteiger partial charge is 0.494 e. The molecule has 0 heterocycles. The summed E-state index contributed by atoms with van der Waals surface area (Å²) in [4.78, 5) is 11.2. The van der Waals surface area contributed by atoms with E-state index in [1.54, 1.807) is 24.3 Å². The van der Waals surface area contributed by atoms with Gasteiger partial charge in [-0.05, 0) is 30.7 Å². The summed E-state index contributed by atoms with van der Waals surface area (Å²) in [7, 11) is 1.24. The van der Waals surface area contributed by atoms with Crippen molar-refractivity contribution in [3.63, 3.8) is 0 Å². The van der Waals surface area contributed by atoms with E-state index in [1.165, 1.54) is 13.2 Å². The predicted molar refractivity (Wildman–Crippen MR) is 63.2 cm³/mol. The first-order chi connectivity index (χ1) is 8.21. The van der Waals surface area contributed by atoms with Gasteiger partial charge in [0.2, 0.25) is 0 Å². The Hall–Kier alpha value is -2.28. The SMILES string of the molecule is CCOc1cccc(/C=C(\C#N)C(=O)OC)c1. The minimum Gasteiger partial charge on any atom is -0.494 e. The number of esters is 1. The Morgan fingerprint density at radius 3 is 2.88 bits per heavy atom. The molecule has 0 atom stereocenters. The molecule has 1 rings (SSSR count). The average molecular weight is 231 g/mol. The van der Waals surface area contributed by atoms with E-state index in [9.17, 15) is 4.79 Å². The highest BCUT2D eigenvalue weighted by molar-refractivity contribution is 5.97. The molecule has 0 fully saturated rings. The summed E-state index contributed by atoms with van der Waals surface area (Å²) in [6, 6.07) is 8.94. The quantitative estimate of drug-likeness (QED) is 0.452. The molecule has 1 aromatic carbocycles. The second-order valence-corrected chi connectivity index (χ2v) is 3.17. The minimum atomic E-state index is -0.644. The third-order valence-corrected chi connectivity index (χ3v) is 2.01. The third-order valence-electron chi connectivity index (χ3n) is 2.01. The van der Waals surface area contributed by atoms with Crippen molar-refractivity contribution >= 4 is 12.0 Å². The van der Waals surface area contributed by atoms with Gasteiger partial charge in [0, 0.05) is 0 Å². The highest BCUT2D eigenvalue weighted by Gasteiger charge is 2.08. The molecule has 0 spiro atoms. The first-order valence-electron chi connectivity index (χ1n) is 5.14. The van der Waals surface area contributed by atoms with Crippen LogP contribution in [0.15, 0.2) is 29.8 Å². The van der Waals surface area contributed by atoms with Crippen molar-refractivity contribution in [3.8, 4) is 11.8 Å². The van der Waals surface area contributed by atoms with Crippen molar-refractivity contribution in [3.05, 3.63) is 35.4 Å². The Balaban J connectivity index is 3.00. The van der Waals surface area contributed by atoms with Gasteiger partial charge in [0.05, 0.1) is 13.7 Å². The Labute approximate surface area is 100 Å². The lowest BCUT2D eigenvalue weighted by Crippen LogP contribution is -2.02. The molecule has 1 aromatic rings. The van der Waals surface area contributed by atoms with Crippen LogP contribution in [-0.4, -0.2) is 19.7 Å². The van der Waals surface area contributed by atoms with Crippen LogP contribution < -0.4 is 4.74 Å². The maximum Gasteiger partial charge on any atom is 0.348 e. The topological polar surface area (TPSA) is 59.3 Å². The van der Waals surface area contributed by atoms with Crippen molar-refractivity contribution in [2.75, 3.05) is 13.7 Å². The molecule has 0 unspecified atom stereocenters. The molecule has 0 saturated carbocycles. The molecule has 88 valence electrons. The lowest BCUT2D eigenvalue weighted by molar-refractivity contribution is -0.135. The van der Waals surface area contributed by atoms with E-state index in [-0.39, 0.29) is 5.57 Å². The highest BCUT2D eigenvalue weighted by atomic mass is 16.5. The van der Waals surface area contributed by atoms with Gasteiger partial charge in [-0.25, -0.2) is 4.79 Å². The molecule has 0 bridgehead atoms. The molecule has 0 aliphatic rings. The first kappa shape index (κ1) is 12.8. The number of benzene rings is 1. The molecule has 0 saturated heterocycles. The van der Waals surface area contributed by atoms with Crippen LogP contribution in [0, 0.1) is 11.3 Å². The third kappa shape index (κ3) is 3.65. The molecule has 4 heteroatoms. The summed E-state index contributed by atoms with van der Waals surface area (Å²) in [5.74, 6) is 0.0534. The van der Waals surface area contributed by atoms with Crippen molar-refractivity contribution in [2.24, 2.45) is 0 Å². The normalized spacial score (nSPS) is 10.5. The van der Waals surface area contributed by atoms with Crippen LogP contribution in [0.1, 0.15) is 12.5 Å². The Morgan fingerprint density at radius 2 is 2.29 bits per heavy atom. The van der Waals surface area contributed by atoms with Gasteiger partial charge in [-0.15, -0.1) is 0 Å². The van der Waals surface area contributed by atoms with Crippen molar-refractivity contribution < 1.29 is 14.3 Å². The van der Waals surface area contributed by atoms with Crippen molar-refractivity contribution in [1.29, 1.82) is 5.26 Å². The van der Waals surface area contributed by atoms with Crippen molar-refractivity contribution in [2.45, 2.75) is 6.92 Å². The number of carbonyl (C=O) groups excluding carboxylic acids is 1. The lowest BCUT2D eigenvalue weighted by Gasteiger charge is -2.03. The Kier molecular flexibility index (Phi) is 4.77. The van der Waals surface area contributed by atoms with Crippen LogP contribution in [-0.2, 0) is 9.53 Å². The maximum atomic E-state index is 11.2. The van der Waals surface area contributed by atoms with E-state index in [2.05, 4.69) is 4.74 Å². The van der Waals surface area contributed by atoms with Gasteiger partial charge in [0.15, 0.2) is 0 Å². The van der Waals surface area contributed by atoms with Crippen LogP contribution in [0.4, 0.5) is 0 Å². The van der Waals surface area contributed by atoms with Crippen molar-refractivity contribution in [1.82, 2.24) is 0 Å². The summed E-state index contributed by atoms with van der Waals surface area (Å²) in [6.07, 6.45) is 1.47. The maximum absolute atomic E-state index is 11.2. The molecule has 0 N–H and O–H groups in total. The summed E-state index contributed by atoms with van der Waals surface area (Å²) in [5.41, 5.74) is 0.680. The monoisotopic (exact) mass is 231 g/mol. The zero-order valence-electron chi connectivity index (χ0n) is 9.77. The summed E-state index contributed by atoms with van der Waals surface area (Å²) in [5, 5.41) is 8.81. The van der Waals surface area contributed by atoms with Crippen LogP contribution in [0.25, 0.3) is 6.08 Å². The summed E-state index contributed by atoms with van der Waals surface area (Å²) in [6.45, 7) is 2.45. The summed E-state index contributed by atoms with van der Waals surface area (Å²) < 4.78 is 9.81. The van der Waals surface area contributed by atoms with Gasteiger partial charge in [-0.1, -0.05) is 12.1 Å². The molecule has 0 aliphatic heterocycles. The molecule has 17 heavy (non-hydrogen) atoms. The average Bonchev–Trinajstić information content (AvgIpc) is 2.36. The number of hydrogen-bond acceptors (Lipinski definition) is 4. The van der Waals surface area contributed by atoms with Gasteiger partial charge < -0.3 is 9.47 Å². The van der Waals surface area contributed by atoms with Crippen LogP contribution in [0.5, 0.6) is 5.75 Å². The zero-order valence-corrected chi connectivity index (χ0v) is 9.77. The molecule has 0 aliphatic carbocycles. The standard InChI is InChI=1S/C13H13NO3/c1-3-17-12-6-4-5-10(8-12)7-11(9-14)13(15)16-2/h4-8H,3H2,1-2H3/b11-7+. The minimum absolute atomic E-state index is 0.0406. The Morgan fingerprint density at radius 1 is 1.53 bits per heavy atom. The fraction of sp³-hybridized carbons (Fsp3) is 0.231. The van der Waals surface area contributed by atoms with E-state index in [0.29, 0.717) is 12.4 Å². The molecular weight excluding hydrogens is 218 g/mol.